The number of para-hydroxylation sites is 3. The van der Waals surface area contributed by atoms with Gasteiger partial charge in [-0.2, -0.15) is 5.26 Å². The van der Waals surface area contributed by atoms with Crippen LogP contribution in [0.15, 0.2) is 64.7 Å². The molecule has 0 aliphatic rings. The van der Waals surface area contributed by atoms with E-state index in [0.29, 0.717) is 15.3 Å². The zero-order valence-corrected chi connectivity index (χ0v) is 16.1. The molecule has 4 rings (SSSR count). The van der Waals surface area contributed by atoms with Crippen molar-refractivity contribution < 1.29 is 5.11 Å². The fourth-order valence-corrected chi connectivity index (χ4v) is 4.14. The number of aliphatic hydroxyl groups is 1. The quantitative estimate of drug-likeness (QED) is 0.241. The topological polar surface area (TPSA) is 111 Å². The Hall–Kier alpha value is -3.35. The number of hydrogen-bond acceptors (Lipinski definition) is 8. The van der Waals surface area contributed by atoms with Gasteiger partial charge in [0.2, 0.25) is 5.13 Å². The van der Waals surface area contributed by atoms with Gasteiger partial charge in [-0.1, -0.05) is 53.4 Å². The molecular weight excluding hydrogens is 392 g/mol. The van der Waals surface area contributed by atoms with Crippen LogP contribution in [0.25, 0.3) is 16.6 Å². The van der Waals surface area contributed by atoms with Crippen molar-refractivity contribution >= 4 is 50.5 Å². The lowest BCUT2D eigenvalue weighted by Gasteiger charge is -2.01. The Labute approximate surface area is 168 Å². The lowest BCUT2D eigenvalue weighted by Crippen LogP contribution is -1.95. The molecule has 2 aromatic carbocycles. The number of hydrogen-bond donors (Lipinski definition) is 3. The summed E-state index contributed by atoms with van der Waals surface area (Å²) in [5.74, 6) is 0.490. The molecule has 0 bridgehead atoms. The number of nitrogens with one attached hydrogen (secondary N) is 2. The number of imidazole rings is 1. The van der Waals surface area contributed by atoms with Gasteiger partial charge in [0, 0.05) is 5.69 Å². The second-order valence-corrected chi connectivity index (χ2v) is 7.89. The van der Waals surface area contributed by atoms with E-state index in [0.717, 1.165) is 16.7 Å². The number of aromatic amines is 1. The number of nitriles is 1. The first-order valence-electron chi connectivity index (χ1n) is 8.28. The van der Waals surface area contributed by atoms with E-state index in [1.54, 1.807) is 0 Å². The third-order valence-corrected chi connectivity index (χ3v) is 5.77. The molecule has 28 heavy (non-hydrogen) atoms. The molecule has 138 valence electrons. The summed E-state index contributed by atoms with van der Waals surface area (Å²) in [6.45, 7) is 0. The Morgan fingerprint density at radius 3 is 2.71 bits per heavy atom. The summed E-state index contributed by atoms with van der Waals surface area (Å²) in [7, 11) is 0. The Balaban J connectivity index is 1.46. The number of benzene rings is 2. The van der Waals surface area contributed by atoms with E-state index in [2.05, 4.69) is 25.5 Å². The van der Waals surface area contributed by atoms with Gasteiger partial charge in [0.1, 0.15) is 17.4 Å². The van der Waals surface area contributed by atoms with Crippen molar-refractivity contribution in [3.8, 4) is 6.07 Å². The SMILES string of the molecule is N#C/C(=C(/O)CSc1nnc(Nc2ccccc2)s1)c1nc2ccccc2[nH]1. The van der Waals surface area contributed by atoms with Crippen molar-refractivity contribution in [3.05, 3.63) is 66.2 Å². The van der Waals surface area contributed by atoms with Crippen LogP contribution in [-0.4, -0.2) is 31.0 Å². The molecule has 7 nitrogen and oxygen atoms in total. The fraction of sp³-hybridized carbons (Fsp3) is 0.0526. The van der Waals surface area contributed by atoms with Gasteiger partial charge in [-0.3, -0.25) is 0 Å². The lowest BCUT2D eigenvalue weighted by molar-refractivity contribution is 0.420. The molecule has 0 saturated carbocycles. The average molecular weight is 406 g/mol. The van der Waals surface area contributed by atoms with Crippen LogP contribution in [0.2, 0.25) is 0 Å². The highest BCUT2D eigenvalue weighted by Crippen LogP contribution is 2.30. The number of rotatable bonds is 6. The van der Waals surface area contributed by atoms with Crippen molar-refractivity contribution in [2.24, 2.45) is 0 Å². The maximum atomic E-state index is 10.4. The second-order valence-electron chi connectivity index (χ2n) is 5.69. The Morgan fingerprint density at radius 2 is 1.93 bits per heavy atom. The standard InChI is InChI=1S/C19H14N6OS2/c20-10-13(17-22-14-8-4-5-9-15(14)23-17)16(26)11-27-19-25-24-18(28-19)21-12-6-2-1-3-7-12/h1-9,26H,11H2,(H,21,24)(H,22,23)/b16-13-. The number of H-pyrrole nitrogens is 1. The molecule has 2 heterocycles. The van der Waals surface area contributed by atoms with Gasteiger partial charge in [-0.25, -0.2) is 4.98 Å². The highest BCUT2D eigenvalue weighted by molar-refractivity contribution is 8.01. The van der Waals surface area contributed by atoms with Gasteiger partial charge in [-0.05, 0) is 24.3 Å². The maximum Gasteiger partial charge on any atom is 0.210 e. The van der Waals surface area contributed by atoms with Crippen LogP contribution in [0.5, 0.6) is 0 Å². The molecule has 0 radical (unpaired) electrons. The van der Waals surface area contributed by atoms with Crippen LogP contribution < -0.4 is 5.32 Å². The van der Waals surface area contributed by atoms with Crippen molar-refractivity contribution in [2.75, 3.05) is 11.1 Å². The summed E-state index contributed by atoms with van der Waals surface area (Å²) in [4.78, 5) is 7.43. The highest BCUT2D eigenvalue weighted by atomic mass is 32.2. The van der Waals surface area contributed by atoms with E-state index in [1.165, 1.54) is 23.1 Å². The van der Waals surface area contributed by atoms with Crippen LogP contribution in [0, 0.1) is 11.3 Å². The summed E-state index contributed by atoms with van der Waals surface area (Å²) in [6.07, 6.45) is 0. The second kappa shape index (κ2) is 8.12. The average Bonchev–Trinajstić information content (AvgIpc) is 3.34. The number of nitrogens with zero attached hydrogens (tertiary/aromatic N) is 4. The number of anilines is 2. The number of aromatic nitrogens is 4. The summed E-state index contributed by atoms with van der Waals surface area (Å²) >= 11 is 2.69. The Bertz CT molecular complexity index is 1140. The molecule has 0 atom stereocenters. The van der Waals surface area contributed by atoms with Gasteiger partial charge < -0.3 is 15.4 Å². The summed E-state index contributed by atoms with van der Waals surface area (Å²) in [5.41, 5.74) is 2.60. The molecule has 0 aliphatic carbocycles. The zero-order chi connectivity index (χ0) is 19.3. The van der Waals surface area contributed by atoms with E-state index in [4.69, 9.17) is 0 Å². The van der Waals surface area contributed by atoms with E-state index in [1.807, 2.05) is 60.7 Å². The van der Waals surface area contributed by atoms with Gasteiger partial charge in [0.05, 0.1) is 16.8 Å². The molecule has 0 spiro atoms. The molecular formula is C19H14N6OS2. The smallest absolute Gasteiger partial charge is 0.210 e. The van der Waals surface area contributed by atoms with Crippen molar-refractivity contribution in [1.29, 1.82) is 5.26 Å². The van der Waals surface area contributed by atoms with E-state index < -0.39 is 0 Å². The van der Waals surface area contributed by atoms with Crippen LogP contribution >= 0.6 is 23.1 Å². The summed E-state index contributed by atoms with van der Waals surface area (Å²) in [6, 6.07) is 19.2. The molecule has 0 aliphatic heterocycles. The van der Waals surface area contributed by atoms with Crippen LogP contribution in [0.4, 0.5) is 10.8 Å². The summed E-state index contributed by atoms with van der Waals surface area (Å²) in [5, 5.41) is 31.9. The van der Waals surface area contributed by atoms with E-state index in [-0.39, 0.29) is 17.1 Å². The van der Waals surface area contributed by atoms with Crippen LogP contribution in [0.3, 0.4) is 0 Å². The number of fused-ring (bicyclic) bond motifs is 1. The minimum Gasteiger partial charge on any atom is -0.510 e. The lowest BCUT2D eigenvalue weighted by atomic mass is 10.2. The highest BCUT2D eigenvalue weighted by Gasteiger charge is 2.14. The third-order valence-electron chi connectivity index (χ3n) is 3.79. The molecule has 4 aromatic rings. The van der Waals surface area contributed by atoms with E-state index >= 15 is 0 Å². The molecule has 0 fully saturated rings. The molecule has 3 N–H and O–H groups in total. The molecule has 2 aromatic heterocycles. The first kappa shape index (κ1) is 18.0. The van der Waals surface area contributed by atoms with Gasteiger partial charge in [0.25, 0.3) is 0 Å². The van der Waals surface area contributed by atoms with E-state index in [9.17, 15) is 10.4 Å². The zero-order valence-electron chi connectivity index (χ0n) is 14.5. The number of allylic oxidation sites excluding steroid dienone is 1. The molecule has 9 heteroatoms. The maximum absolute atomic E-state index is 10.4. The van der Waals surface area contributed by atoms with Crippen molar-refractivity contribution in [2.45, 2.75) is 4.34 Å². The van der Waals surface area contributed by atoms with Gasteiger partial charge >= 0.3 is 0 Å². The fourth-order valence-electron chi connectivity index (χ4n) is 2.49. The minimum absolute atomic E-state index is 0.0562. The Morgan fingerprint density at radius 1 is 1.14 bits per heavy atom. The Kier molecular flexibility index (Phi) is 5.23. The largest absolute Gasteiger partial charge is 0.510 e. The molecule has 0 amide bonds. The van der Waals surface area contributed by atoms with Crippen LogP contribution in [0.1, 0.15) is 5.82 Å². The molecule has 0 unspecified atom stereocenters. The van der Waals surface area contributed by atoms with Gasteiger partial charge in [0.15, 0.2) is 10.2 Å². The number of aliphatic hydroxyl groups excluding tert-OH is 1. The third kappa shape index (κ3) is 3.98. The first-order chi connectivity index (χ1) is 13.7. The van der Waals surface area contributed by atoms with Crippen LogP contribution in [-0.2, 0) is 0 Å². The van der Waals surface area contributed by atoms with Crippen molar-refractivity contribution in [3.63, 3.8) is 0 Å². The first-order valence-corrected chi connectivity index (χ1v) is 10.1. The minimum atomic E-state index is -0.0562. The monoisotopic (exact) mass is 406 g/mol. The predicted molar refractivity (Wildman–Crippen MR) is 112 cm³/mol. The van der Waals surface area contributed by atoms with Crippen molar-refractivity contribution in [1.82, 2.24) is 20.2 Å². The summed E-state index contributed by atoms with van der Waals surface area (Å²) < 4.78 is 0.687. The molecule has 0 saturated heterocycles. The normalized spacial score (nSPS) is 11.8. The van der Waals surface area contributed by atoms with Gasteiger partial charge in [-0.15, -0.1) is 10.2 Å². The predicted octanol–water partition coefficient (Wildman–Crippen LogP) is 4.74. The number of thioether (sulfide) groups is 1.